The lowest BCUT2D eigenvalue weighted by Gasteiger charge is -2.33. The van der Waals surface area contributed by atoms with Crippen molar-refractivity contribution in [1.29, 1.82) is 0 Å². The van der Waals surface area contributed by atoms with Gasteiger partial charge in [-0.1, -0.05) is 12.1 Å². The van der Waals surface area contributed by atoms with Crippen LogP contribution < -0.4 is 10.6 Å². The number of aromatic nitrogens is 1. The molecule has 0 aliphatic carbocycles. The molecule has 0 bridgehead atoms. The summed E-state index contributed by atoms with van der Waals surface area (Å²) in [6.45, 7) is 5.52. The minimum Gasteiger partial charge on any atom is -0.463 e. The molecule has 158 valence electrons. The number of halogens is 1. The van der Waals surface area contributed by atoms with E-state index in [0.29, 0.717) is 22.5 Å². The summed E-state index contributed by atoms with van der Waals surface area (Å²) >= 11 is 1.47. The van der Waals surface area contributed by atoms with E-state index in [9.17, 15) is 9.18 Å². The zero-order valence-corrected chi connectivity index (χ0v) is 17.9. The first kappa shape index (κ1) is 20.7. The second-order valence-corrected chi connectivity index (χ2v) is 8.26. The van der Waals surface area contributed by atoms with Crippen molar-refractivity contribution in [1.82, 2.24) is 15.6 Å². The second-order valence-electron chi connectivity index (χ2n) is 7.37. The molecule has 0 unspecified atom stereocenters. The maximum atomic E-state index is 14.4. The highest BCUT2D eigenvalue weighted by molar-refractivity contribution is 7.11. The number of nitrogens with one attached hydrogen (secondary N) is 2. The van der Waals surface area contributed by atoms with E-state index >= 15 is 0 Å². The van der Waals surface area contributed by atoms with Crippen molar-refractivity contribution in [2.75, 3.05) is 19.7 Å². The monoisotopic (exact) mass is 428 g/mol. The average molecular weight is 429 g/mol. The average Bonchev–Trinajstić information content (AvgIpc) is 3.30. The first-order chi connectivity index (χ1) is 14.6. The van der Waals surface area contributed by atoms with Gasteiger partial charge in [-0.25, -0.2) is 14.2 Å². The molecule has 1 atom stereocenters. The lowest BCUT2D eigenvalue weighted by molar-refractivity contribution is -0.139. The van der Waals surface area contributed by atoms with Crippen molar-refractivity contribution in [2.45, 2.75) is 32.7 Å². The number of rotatable bonds is 5. The maximum Gasteiger partial charge on any atom is 0.338 e. The molecule has 3 heterocycles. The Bertz CT molecular complexity index is 981. The fraction of sp³-hybridized carbons (Fsp3) is 0.409. The van der Waals surface area contributed by atoms with Gasteiger partial charge in [0.25, 0.3) is 0 Å². The molecule has 2 aliphatic rings. The topological polar surface area (TPSA) is 75.6 Å². The number of hydrogen-bond donors (Lipinski definition) is 2. The summed E-state index contributed by atoms with van der Waals surface area (Å²) < 4.78 is 19.8. The van der Waals surface area contributed by atoms with E-state index in [1.165, 1.54) is 17.4 Å². The molecular weight excluding hydrogens is 403 g/mol. The normalized spacial score (nSPS) is 20.0. The summed E-state index contributed by atoms with van der Waals surface area (Å²) in [6.07, 6.45) is 3.51. The molecule has 0 spiro atoms. The molecule has 6 nitrogen and oxygen atoms in total. The van der Waals surface area contributed by atoms with Crippen LogP contribution in [-0.2, 0) is 9.53 Å². The molecule has 0 amide bonds. The van der Waals surface area contributed by atoms with Crippen LogP contribution in [0.2, 0.25) is 0 Å². The first-order valence-corrected chi connectivity index (χ1v) is 11.1. The first-order valence-electron chi connectivity index (χ1n) is 10.2. The van der Waals surface area contributed by atoms with Crippen molar-refractivity contribution in [2.24, 2.45) is 10.9 Å². The van der Waals surface area contributed by atoms with Gasteiger partial charge in [-0.3, -0.25) is 4.99 Å². The fourth-order valence-corrected chi connectivity index (χ4v) is 4.61. The third-order valence-electron chi connectivity index (χ3n) is 5.56. The molecule has 1 aromatic carbocycles. The predicted molar refractivity (Wildman–Crippen MR) is 115 cm³/mol. The Hall–Kier alpha value is -2.58. The van der Waals surface area contributed by atoms with Gasteiger partial charge in [0, 0.05) is 23.2 Å². The van der Waals surface area contributed by atoms with Crippen LogP contribution >= 0.6 is 11.3 Å². The lowest BCUT2D eigenvalue weighted by Crippen LogP contribution is -2.40. The van der Waals surface area contributed by atoms with Crippen LogP contribution in [0.25, 0.3) is 0 Å². The number of hydrogen-bond acceptors (Lipinski definition) is 7. The molecule has 0 radical (unpaired) electrons. The molecule has 4 rings (SSSR count). The van der Waals surface area contributed by atoms with E-state index in [4.69, 9.17) is 9.73 Å². The number of amidine groups is 1. The Morgan fingerprint density at radius 1 is 1.33 bits per heavy atom. The van der Waals surface area contributed by atoms with Gasteiger partial charge < -0.3 is 15.4 Å². The van der Waals surface area contributed by atoms with Crippen LogP contribution in [0.3, 0.4) is 0 Å². The Kier molecular flexibility index (Phi) is 6.24. The van der Waals surface area contributed by atoms with E-state index in [-0.39, 0.29) is 18.3 Å². The number of carbonyl (C=O) groups is 1. The zero-order valence-electron chi connectivity index (χ0n) is 17.1. The zero-order chi connectivity index (χ0) is 21.1. The summed E-state index contributed by atoms with van der Waals surface area (Å²) in [4.78, 5) is 22.3. The molecule has 1 aromatic heterocycles. The van der Waals surface area contributed by atoms with E-state index in [1.807, 2.05) is 11.4 Å². The standard InChI is InChI=1S/C22H25FN4O2S/c1-3-29-22(28)17-18(14-7-9-24-10-8-14)26-20(21-25-11-12-30-21)27-19(17)15-5-4-6-16(23)13(15)2/h4-6,11-12,14,19,24H,3,7-10H2,1-2H3,(H,26,27)/t19-/m0/s1. The molecule has 2 aromatic rings. The smallest absolute Gasteiger partial charge is 0.338 e. The molecule has 0 saturated carbocycles. The number of ether oxygens (including phenoxy) is 1. The molecule has 8 heteroatoms. The fourth-order valence-electron chi connectivity index (χ4n) is 4.03. The van der Waals surface area contributed by atoms with Gasteiger partial charge in [-0.15, -0.1) is 11.3 Å². The highest BCUT2D eigenvalue weighted by Gasteiger charge is 2.36. The van der Waals surface area contributed by atoms with Crippen LogP contribution in [0, 0.1) is 18.7 Å². The number of nitrogens with zero attached hydrogens (tertiary/aromatic N) is 2. The molecular formula is C22H25FN4O2S. The van der Waals surface area contributed by atoms with Crippen molar-refractivity contribution >= 4 is 23.1 Å². The van der Waals surface area contributed by atoms with E-state index < -0.39 is 12.0 Å². The van der Waals surface area contributed by atoms with E-state index in [2.05, 4.69) is 15.6 Å². The van der Waals surface area contributed by atoms with Gasteiger partial charge >= 0.3 is 5.97 Å². The van der Waals surface area contributed by atoms with Gasteiger partial charge in [0.2, 0.25) is 0 Å². The van der Waals surface area contributed by atoms with Gasteiger partial charge in [-0.2, -0.15) is 0 Å². The molecule has 1 saturated heterocycles. The summed E-state index contributed by atoms with van der Waals surface area (Å²) in [5.41, 5.74) is 2.44. The Morgan fingerprint density at radius 2 is 2.13 bits per heavy atom. The van der Waals surface area contributed by atoms with Crippen LogP contribution in [-0.4, -0.2) is 36.5 Å². The van der Waals surface area contributed by atoms with Crippen molar-refractivity contribution in [3.05, 3.63) is 63.0 Å². The van der Waals surface area contributed by atoms with Gasteiger partial charge in [0.15, 0.2) is 10.8 Å². The summed E-state index contributed by atoms with van der Waals surface area (Å²) in [7, 11) is 0. The van der Waals surface area contributed by atoms with E-state index in [1.54, 1.807) is 26.1 Å². The third kappa shape index (κ3) is 4.02. The van der Waals surface area contributed by atoms with Crippen LogP contribution in [0.15, 0.2) is 46.0 Å². The lowest BCUT2D eigenvalue weighted by atomic mass is 9.85. The maximum absolute atomic E-state index is 14.4. The summed E-state index contributed by atoms with van der Waals surface area (Å²) in [5.74, 6) is 0.0468. The van der Waals surface area contributed by atoms with Gasteiger partial charge in [-0.05, 0) is 57.0 Å². The largest absolute Gasteiger partial charge is 0.463 e. The van der Waals surface area contributed by atoms with Crippen molar-refractivity contribution < 1.29 is 13.9 Å². The highest BCUT2D eigenvalue weighted by atomic mass is 32.1. The number of benzene rings is 1. The highest BCUT2D eigenvalue weighted by Crippen LogP contribution is 2.38. The minimum atomic E-state index is -0.648. The number of thiazole rings is 1. The molecule has 2 N–H and O–H groups in total. The number of esters is 1. The summed E-state index contributed by atoms with van der Waals surface area (Å²) in [5, 5.41) is 9.39. The Balaban J connectivity index is 1.89. The van der Waals surface area contributed by atoms with Crippen molar-refractivity contribution in [3.8, 4) is 0 Å². The van der Waals surface area contributed by atoms with Gasteiger partial charge in [0.05, 0.1) is 12.2 Å². The number of allylic oxidation sites excluding steroid dienone is 1. The third-order valence-corrected chi connectivity index (χ3v) is 6.34. The summed E-state index contributed by atoms with van der Waals surface area (Å²) in [6, 6.07) is 4.26. The second kappa shape index (κ2) is 9.06. The number of aliphatic imine (C=N–C) groups is 1. The molecule has 1 fully saturated rings. The predicted octanol–water partition coefficient (Wildman–Crippen LogP) is 3.50. The number of piperidine rings is 1. The Morgan fingerprint density at radius 3 is 2.83 bits per heavy atom. The quantitative estimate of drug-likeness (QED) is 0.713. The molecule has 30 heavy (non-hydrogen) atoms. The van der Waals surface area contributed by atoms with Gasteiger partial charge in [0.1, 0.15) is 11.9 Å². The van der Waals surface area contributed by atoms with E-state index in [0.717, 1.165) is 36.6 Å². The Labute approximate surface area is 179 Å². The molecule has 2 aliphatic heterocycles. The van der Waals surface area contributed by atoms with Crippen LogP contribution in [0.4, 0.5) is 4.39 Å². The minimum absolute atomic E-state index is 0.160. The van der Waals surface area contributed by atoms with Crippen LogP contribution in [0.5, 0.6) is 0 Å². The number of carbonyl (C=O) groups excluding carboxylic acids is 1. The van der Waals surface area contributed by atoms with Crippen molar-refractivity contribution in [3.63, 3.8) is 0 Å². The van der Waals surface area contributed by atoms with Crippen LogP contribution in [0.1, 0.15) is 41.9 Å². The SMILES string of the molecule is CCOC(=O)C1=C(C2CCNCC2)NC(c2nccs2)=N[C@H]1c1cccc(F)c1C.